The van der Waals surface area contributed by atoms with Crippen LogP contribution in [0.25, 0.3) is 5.82 Å². The third-order valence-corrected chi connectivity index (χ3v) is 3.90. The Bertz CT molecular complexity index is 626. The van der Waals surface area contributed by atoms with E-state index in [4.69, 9.17) is 5.11 Å². The van der Waals surface area contributed by atoms with Gasteiger partial charge in [-0.1, -0.05) is 19.3 Å². The first-order valence-electron chi connectivity index (χ1n) is 7.95. The zero-order chi connectivity index (χ0) is 16.7. The zero-order valence-corrected chi connectivity index (χ0v) is 13.7. The summed E-state index contributed by atoms with van der Waals surface area (Å²) in [6.45, 7) is 1.97. The summed E-state index contributed by atoms with van der Waals surface area (Å²) in [4.78, 5) is 20.9. The number of carbonyl (C=O) groups excluding carboxylic acids is 1. The number of aliphatic hydroxyl groups excluding tert-OH is 1. The zero-order valence-electron chi connectivity index (χ0n) is 13.7. The van der Waals surface area contributed by atoms with E-state index in [1.54, 1.807) is 12.5 Å². The number of hydrogen-bond donors (Lipinski definition) is 2. The standard InChI is InChI=1S/C16H20N4O.CH4O.H2/c1-12-9-14(16(21)18-13-5-3-2-4-6-13)19-15(10-12)20-8-7-17-11-20;1-2;/h7-11,13H,2-6H2,1H3,(H,18,21);2H,1H3;1H. The molecule has 126 valence electrons. The van der Waals surface area contributed by atoms with E-state index in [0.29, 0.717) is 11.7 Å². The molecule has 2 aromatic heterocycles. The minimum absolute atomic E-state index is 0. The number of carbonyl (C=O) groups is 1. The lowest BCUT2D eigenvalue weighted by Gasteiger charge is -2.22. The van der Waals surface area contributed by atoms with E-state index < -0.39 is 0 Å². The summed E-state index contributed by atoms with van der Waals surface area (Å²) < 4.78 is 1.81. The SMILES string of the molecule is CO.Cc1cc(C(=O)NC2CCCCC2)nc(-n2ccnc2)c1.[HH]. The average Bonchev–Trinajstić information content (AvgIpc) is 3.12. The van der Waals surface area contributed by atoms with E-state index in [1.807, 2.05) is 29.8 Å². The van der Waals surface area contributed by atoms with Gasteiger partial charge in [-0.25, -0.2) is 9.97 Å². The van der Waals surface area contributed by atoms with Crippen molar-refractivity contribution >= 4 is 5.91 Å². The molecule has 1 saturated carbocycles. The molecule has 0 bridgehead atoms. The minimum Gasteiger partial charge on any atom is -0.400 e. The number of aryl methyl sites for hydroxylation is 1. The number of hydrogen-bond acceptors (Lipinski definition) is 4. The lowest BCUT2D eigenvalue weighted by Crippen LogP contribution is -2.36. The molecule has 1 fully saturated rings. The molecule has 2 heterocycles. The maximum atomic E-state index is 12.4. The van der Waals surface area contributed by atoms with Crippen LogP contribution in [0.2, 0.25) is 0 Å². The van der Waals surface area contributed by atoms with Gasteiger partial charge in [0.2, 0.25) is 0 Å². The van der Waals surface area contributed by atoms with Gasteiger partial charge in [0.1, 0.15) is 17.8 Å². The fourth-order valence-corrected chi connectivity index (χ4v) is 2.80. The Balaban J connectivity index is 0.000000925. The second-order valence-corrected chi connectivity index (χ2v) is 5.67. The molecule has 0 saturated heterocycles. The number of aliphatic hydroxyl groups is 1. The predicted molar refractivity (Wildman–Crippen MR) is 90.7 cm³/mol. The van der Waals surface area contributed by atoms with E-state index in [1.165, 1.54) is 19.3 Å². The lowest BCUT2D eigenvalue weighted by atomic mass is 9.95. The third-order valence-electron chi connectivity index (χ3n) is 3.90. The number of imidazole rings is 1. The topological polar surface area (TPSA) is 80.0 Å². The van der Waals surface area contributed by atoms with Gasteiger partial charge in [0.15, 0.2) is 0 Å². The van der Waals surface area contributed by atoms with Gasteiger partial charge >= 0.3 is 0 Å². The summed E-state index contributed by atoms with van der Waals surface area (Å²) >= 11 is 0. The highest BCUT2D eigenvalue weighted by atomic mass is 16.2. The van der Waals surface area contributed by atoms with Gasteiger partial charge in [-0.2, -0.15) is 0 Å². The van der Waals surface area contributed by atoms with Gasteiger partial charge in [0, 0.05) is 27.0 Å². The van der Waals surface area contributed by atoms with Crippen molar-refractivity contribution in [3.63, 3.8) is 0 Å². The van der Waals surface area contributed by atoms with E-state index in [0.717, 1.165) is 31.3 Å². The number of nitrogens with one attached hydrogen (secondary N) is 1. The van der Waals surface area contributed by atoms with E-state index in [9.17, 15) is 4.79 Å². The molecule has 1 aliphatic carbocycles. The molecule has 0 unspecified atom stereocenters. The number of pyridine rings is 1. The molecule has 0 spiro atoms. The van der Waals surface area contributed by atoms with Gasteiger partial charge in [-0.3, -0.25) is 9.36 Å². The van der Waals surface area contributed by atoms with Crippen molar-refractivity contribution in [1.82, 2.24) is 19.9 Å². The van der Waals surface area contributed by atoms with Crippen molar-refractivity contribution in [2.45, 2.75) is 45.1 Å². The van der Waals surface area contributed by atoms with Crippen LogP contribution in [-0.4, -0.2) is 38.7 Å². The van der Waals surface area contributed by atoms with Crippen LogP contribution in [0.4, 0.5) is 0 Å². The van der Waals surface area contributed by atoms with Crippen LogP contribution in [0.1, 0.15) is 49.6 Å². The molecule has 0 atom stereocenters. The summed E-state index contributed by atoms with van der Waals surface area (Å²) in [7, 11) is 1.00. The highest BCUT2D eigenvalue weighted by Gasteiger charge is 2.18. The normalized spacial score (nSPS) is 14.7. The van der Waals surface area contributed by atoms with Crippen LogP contribution in [-0.2, 0) is 0 Å². The summed E-state index contributed by atoms with van der Waals surface area (Å²) in [5, 5.41) is 10.1. The maximum Gasteiger partial charge on any atom is 0.270 e. The van der Waals surface area contributed by atoms with Crippen molar-refractivity contribution in [3.8, 4) is 5.82 Å². The van der Waals surface area contributed by atoms with Gasteiger partial charge < -0.3 is 10.4 Å². The Labute approximate surface area is 138 Å². The van der Waals surface area contributed by atoms with Gasteiger partial charge in [-0.15, -0.1) is 0 Å². The Hall–Kier alpha value is -2.21. The second kappa shape index (κ2) is 8.43. The number of nitrogens with zero attached hydrogens (tertiary/aromatic N) is 3. The van der Waals surface area contributed by atoms with Crippen molar-refractivity contribution in [3.05, 3.63) is 42.1 Å². The maximum absolute atomic E-state index is 12.4. The third kappa shape index (κ3) is 4.63. The highest BCUT2D eigenvalue weighted by Crippen LogP contribution is 2.18. The highest BCUT2D eigenvalue weighted by molar-refractivity contribution is 5.92. The molecule has 3 rings (SSSR count). The second-order valence-electron chi connectivity index (χ2n) is 5.67. The predicted octanol–water partition coefficient (Wildman–Crippen LogP) is 2.49. The van der Waals surface area contributed by atoms with Crippen molar-refractivity contribution in [2.24, 2.45) is 0 Å². The molecule has 2 N–H and O–H groups in total. The number of amides is 1. The molecule has 6 heteroatoms. The van der Waals surface area contributed by atoms with Crippen LogP contribution >= 0.6 is 0 Å². The Kier molecular flexibility index (Phi) is 6.29. The van der Waals surface area contributed by atoms with E-state index in [-0.39, 0.29) is 7.33 Å². The summed E-state index contributed by atoms with van der Waals surface area (Å²) in [6.07, 6.45) is 11.0. The molecular formula is C17H26N4O2. The first-order valence-corrected chi connectivity index (χ1v) is 7.95. The Morgan fingerprint density at radius 1 is 1.30 bits per heavy atom. The molecule has 2 aromatic rings. The van der Waals surface area contributed by atoms with Crippen molar-refractivity contribution in [2.75, 3.05) is 7.11 Å². The summed E-state index contributed by atoms with van der Waals surface area (Å²) in [5.74, 6) is 0.647. The molecule has 23 heavy (non-hydrogen) atoms. The molecular weight excluding hydrogens is 292 g/mol. The fourth-order valence-electron chi connectivity index (χ4n) is 2.80. The van der Waals surface area contributed by atoms with E-state index >= 15 is 0 Å². The van der Waals surface area contributed by atoms with Crippen LogP contribution < -0.4 is 5.32 Å². The lowest BCUT2D eigenvalue weighted by molar-refractivity contribution is 0.0922. The van der Waals surface area contributed by atoms with Crippen LogP contribution in [0, 0.1) is 6.92 Å². The molecule has 1 amide bonds. The monoisotopic (exact) mass is 318 g/mol. The minimum atomic E-state index is -0.0769. The van der Waals surface area contributed by atoms with Crippen LogP contribution in [0.5, 0.6) is 0 Å². The molecule has 1 aliphatic rings. The van der Waals surface area contributed by atoms with Crippen molar-refractivity contribution < 1.29 is 11.3 Å². The molecule has 0 aromatic carbocycles. The van der Waals surface area contributed by atoms with Gasteiger partial charge in [-0.05, 0) is 37.5 Å². The number of rotatable bonds is 3. The van der Waals surface area contributed by atoms with Crippen LogP contribution in [0.3, 0.4) is 0 Å². The first kappa shape index (κ1) is 17.1. The van der Waals surface area contributed by atoms with Gasteiger partial charge in [0.25, 0.3) is 5.91 Å². The number of aromatic nitrogens is 3. The van der Waals surface area contributed by atoms with Crippen LogP contribution in [0.15, 0.2) is 30.9 Å². The summed E-state index contributed by atoms with van der Waals surface area (Å²) in [5.41, 5.74) is 1.49. The van der Waals surface area contributed by atoms with Crippen molar-refractivity contribution in [1.29, 1.82) is 0 Å². The first-order chi connectivity index (χ1) is 11.2. The quantitative estimate of drug-likeness (QED) is 0.911. The fraction of sp³-hybridized carbons (Fsp3) is 0.471. The van der Waals surface area contributed by atoms with E-state index in [2.05, 4.69) is 15.3 Å². The molecule has 0 radical (unpaired) electrons. The largest absolute Gasteiger partial charge is 0.400 e. The summed E-state index contributed by atoms with van der Waals surface area (Å²) in [6, 6.07) is 4.07. The van der Waals surface area contributed by atoms with Gasteiger partial charge in [0.05, 0.1) is 0 Å². The Morgan fingerprint density at radius 2 is 2.04 bits per heavy atom. The molecule has 6 nitrogen and oxygen atoms in total. The average molecular weight is 318 g/mol. The Morgan fingerprint density at radius 3 is 2.70 bits per heavy atom. The molecule has 0 aliphatic heterocycles. The smallest absolute Gasteiger partial charge is 0.270 e.